The van der Waals surface area contributed by atoms with Crippen LogP contribution in [0.1, 0.15) is 12.6 Å². The van der Waals surface area contributed by atoms with Crippen LogP contribution in [-0.2, 0) is 37.4 Å². The van der Waals surface area contributed by atoms with E-state index in [4.69, 9.17) is 15.6 Å². The molecule has 1 aliphatic rings. The standard InChI is InChI=1S/C10H11FN5O2.Y/c11-6-1-5(2-17)18-10(6)16-4-15-7-8(12)13-3-14-9(7)16;/h4-6,10,17H,1-2H2,(H2,12,13,14);/q-1;/t5-,6+,10+;/m0./s1. The molecule has 3 N–H and O–H groups in total. The van der Waals surface area contributed by atoms with E-state index in [1.54, 1.807) is 0 Å². The van der Waals surface area contributed by atoms with Crippen LogP contribution in [0.15, 0.2) is 6.33 Å². The first kappa shape index (κ1) is 14.7. The molecule has 1 saturated heterocycles. The van der Waals surface area contributed by atoms with Crippen molar-refractivity contribution in [1.82, 2.24) is 19.5 Å². The van der Waals surface area contributed by atoms with Crippen LogP contribution in [0.4, 0.5) is 10.2 Å². The number of aromatic nitrogens is 4. The van der Waals surface area contributed by atoms with Gasteiger partial charge in [0.05, 0.1) is 24.7 Å². The van der Waals surface area contributed by atoms with Gasteiger partial charge in [0, 0.05) is 56.8 Å². The zero-order valence-electron chi connectivity index (χ0n) is 9.90. The number of alkyl halides is 1. The van der Waals surface area contributed by atoms with E-state index in [2.05, 4.69) is 21.3 Å². The monoisotopic (exact) mass is 341 g/mol. The Morgan fingerprint density at radius 3 is 3.05 bits per heavy atom. The van der Waals surface area contributed by atoms with Gasteiger partial charge in [-0.05, 0) is 0 Å². The van der Waals surface area contributed by atoms with Gasteiger partial charge in [-0.2, -0.15) is 0 Å². The van der Waals surface area contributed by atoms with Crippen LogP contribution >= 0.6 is 0 Å². The minimum Gasteiger partial charge on any atom is -0.433 e. The quantitative estimate of drug-likeness (QED) is 0.736. The first-order chi connectivity index (χ1) is 8.70. The maximum Gasteiger partial charge on any atom is 0.158 e. The molecule has 0 aromatic carbocycles. The predicted molar refractivity (Wildman–Crippen MR) is 59.1 cm³/mol. The summed E-state index contributed by atoms with van der Waals surface area (Å²) >= 11 is 0. The van der Waals surface area contributed by atoms with Crippen LogP contribution in [0, 0.1) is 6.33 Å². The number of rotatable bonds is 2. The first-order valence-electron chi connectivity index (χ1n) is 5.47. The molecule has 2 aromatic heterocycles. The summed E-state index contributed by atoms with van der Waals surface area (Å²) in [6.45, 7) is -0.215. The molecule has 1 fully saturated rings. The Balaban J connectivity index is 0.00000133. The Morgan fingerprint density at radius 1 is 1.58 bits per heavy atom. The Labute approximate surface area is 133 Å². The van der Waals surface area contributed by atoms with Gasteiger partial charge in [-0.3, -0.25) is 4.98 Å². The summed E-state index contributed by atoms with van der Waals surface area (Å²) < 4.78 is 20.7. The molecule has 99 valence electrons. The number of ether oxygens (including phenoxy) is 1. The predicted octanol–water partition coefficient (Wildman–Crippen LogP) is -0.176. The van der Waals surface area contributed by atoms with Crippen molar-refractivity contribution in [1.29, 1.82) is 0 Å². The second kappa shape index (κ2) is 5.74. The van der Waals surface area contributed by atoms with Gasteiger partial charge in [-0.1, -0.05) is 0 Å². The largest absolute Gasteiger partial charge is 0.433 e. The van der Waals surface area contributed by atoms with Crippen LogP contribution < -0.4 is 5.73 Å². The van der Waals surface area contributed by atoms with Crippen molar-refractivity contribution in [3.05, 3.63) is 12.7 Å². The average molecular weight is 341 g/mol. The minimum atomic E-state index is -1.23. The van der Waals surface area contributed by atoms with Gasteiger partial charge in [0.2, 0.25) is 0 Å². The van der Waals surface area contributed by atoms with Gasteiger partial charge in [0.1, 0.15) is 6.17 Å². The van der Waals surface area contributed by atoms with Gasteiger partial charge in [0.25, 0.3) is 0 Å². The number of nitrogens with zero attached hydrogens (tertiary/aromatic N) is 4. The van der Waals surface area contributed by atoms with Gasteiger partial charge in [0.15, 0.2) is 6.23 Å². The topological polar surface area (TPSA) is 99.1 Å². The first-order valence-corrected chi connectivity index (χ1v) is 5.47. The van der Waals surface area contributed by atoms with Gasteiger partial charge in [-0.15, -0.1) is 0 Å². The number of imidazole rings is 1. The van der Waals surface area contributed by atoms with Crippen molar-refractivity contribution in [2.24, 2.45) is 0 Å². The van der Waals surface area contributed by atoms with Crippen molar-refractivity contribution in [2.45, 2.75) is 24.9 Å². The molecule has 7 nitrogen and oxygen atoms in total. The Hall–Kier alpha value is -0.696. The molecule has 0 spiro atoms. The van der Waals surface area contributed by atoms with Gasteiger partial charge in [-0.25, -0.2) is 4.39 Å². The normalized spacial score (nSPS) is 26.5. The van der Waals surface area contributed by atoms with Crippen LogP contribution in [0.25, 0.3) is 11.2 Å². The molecule has 1 radical (unpaired) electrons. The molecule has 0 unspecified atom stereocenters. The van der Waals surface area contributed by atoms with E-state index in [-0.39, 0.29) is 51.6 Å². The molecule has 19 heavy (non-hydrogen) atoms. The van der Waals surface area contributed by atoms with Gasteiger partial charge >= 0.3 is 0 Å². The summed E-state index contributed by atoms with van der Waals surface area (Å²) in [6.07, 6.45) is 1.34. The number of aliphatic hydroxyl groups is 1. The van der Waals surface area contributed by atoms with Crippen molar-refractivity contribution >= 4 is 17.0 Å². The molecule has 0 aliphatic carbocycles. The summed E-state index contributed by atoms with van der Waals surface area (Å²) in [5.74, 6) is 0.186. The Bertz CT molecular complexity index is 580. The number of anilines is 1. The molecular formula is C10H11FN5O2Y-. The SMILES string of the molecule is Nc1n[c-]nc2c1ncn2[C@@H]1O[C@H](CO)C[C@H]1F.[Y]. The number of halogens is 1. The number of hydrogen-bond acceptors (Lipinski definition) is 6. The minimum absolute atomic E-state index is 0. The van der Waals surface area contributed by atoms with E-state index in [9.17, 15) is 4.39 Å². The van der Waals surface area contributed by atoms with Crippen LogP contribution in [-0.4, -0.2) is 43.5 Å². The molecule has 3 rings (SSSR count). The number of nitrogen functional groups attached to an aromatic ring is 1. The number of hydrogen-bond donors (Lipinski definition) is 2. The Kier molecular flexibility index (Phi) is 4.44. The fourth-order valence-corrected chi connectivity index (χ4v) is 2.07. The zero-order valence-corrected chi connectivity index (χ0v) is 12.7. The second-order valence-electron chi connectivity index (χ2n) is 4.12. The molecule has 9 heteroatoms. The van der Waals surface area contributed by atoms with E-state index < -0.39 is 18.5 Å². The third kappa shape index (κ3) is 2.49. The fraction of sp³-hybridized carbons (Fsp3) is 0.500. The fourth-order valence-electron chi connectivity index (χ4n) is 2.07. The summed E-state index contributed by atoms with van der Waals surface area (Å²) in [5.41, 5.74) is 6.38. The van der Waals surface area contributed by atoms with E-state index in [1.807, 2.05) is 0 Å². The summed E-state index contributed by atoms with van der Waals surface area (Å²) in [6, 6.07) is 0. The number of aliphatic hydroxyl groups excluding tert-OH is 1. The third-order valence-corrected chi connectivity index (χ3v) is 2.94. The molecule has 0 saturated carbocycles. The van der Waals surface area contributed by atoms with Crippen molar-refractivity contribution < 1.29 is 46.9 Å². The van der Waals surface area contributed by atoms with E-state index in [1.165, 1.54) is 10.9 Å². The van der Waals surface area contributed by atoms with Crippen LogP contribution in [0.2, 0.25) is 0 Å². The molecular weight excluding hydrogens is 330 g/mol. The summed E-state index contributed by atoms with van der Waals surface area (Å²) in [7, 11) is 0. The maximum absolute atomic E-state index is 13.8. The Morgan fingerprint density at radius 2 is 2.37 bits per heavy atom. The molecule has 3 heterocycles. The smallest absolute Gasteiger partial charge is 0.158 e. The molecule has 3 atom stereocenters. The molecule has 2 aromatic rings. The zero-order chi connectivity index (χ0) is 12.7. The van der Waals surface area contributed by atoms with E-state index in [0.29, 0.717) is 11.2 Å². The van der Waals surface area contributed by atoms with Crippen LogP contribution in [0.5, 0.6) is 0 Å². The van der Waals surface area contributed by atoms with E-state index >= 15 is 0 Å². The van der Waals surface area contributed by atoms with Crippen LogP contribution in [0.3, 0.4) is 0 Å². The van der Waals surface area contributed by atoms with Crippen molar-refractivity contribution in [3.63, 3.8) is 0 Å². The number of nitrogens with two attached hydrogens (primary N) is 1. The van der Waals surface area contributed by atoms with E-state index in [0.717, 1.165) is 0 Å². The molecule has 0 amide bonds. The third-order valence-electron chi connectivity index (χ3n) is 2.94. The average Bonchev–Trinajstić information content (AvgIpc) is 2.93. The summed E-state index contributed by atoms with van der Waals surface area (Å²) in [5, 5.41) is 8.99. The molecule has 1 aliphatic heterocycles. The van der Waals surface area contributed by atoms with Crippen molar-refractivity contribution in [2.75, 3.05) is 12.3 Å². The number of fused-ring (bicyclic) bond motifs is 1. The molecule has 0 bridgehead atoms. The van der Waals surface area contributed by atoms with Crippen molar-refractivity contribution in [3.8, 4) is 0 Å². The summed E-state index contributed by atoms with van der Waals surface area (Å²) in [4.78, 5) is 11.6. The van der Waals surface area contributed by atoms with Gasteiger partial charge < -0.3 is 30.1 Å². The maximum atomic E-state index is 13.8. The second-order valence-corrected chi connectivity index (χ2v) is 4.12.